The van der Waals surface area contributed by atoms with Crippen LogP contribution in [0, 0.1) is 11.8 Å². The quantitative estimate of drug-likeness (QED) is 0.340. The molecule has 10 heavy (non-hydrogen) atoms. The molecule has 1 amide bonds. The molecule has 0 aliphatic rings. The van der Waals surface area contributed by atoms with E-state index in [0.717, 1.165) is 0 Å². The third-order valence-corrected chi connectivity index (χ3v) is 0.752. The van der Waals surface area contributed by atoms with Gasteiger partial charge in [-0.1, -0.05) is 0 Å². The van der Waals surface area contributed by atoms with E-state index in [2.05, 4.69) is 11.8 Å². The first-order valence-electron chi connectivity index (χ1n) is 2.78. The maximum Gasteiger partial charge on any atom is 0.298 e. The van der Waals surface area contributed by atoms with E-state index < -0.39 is 0 Å². The summed E-state index contributed by atoms with van der Waals surface area (Å²) in [6, 6.07) is 0. The van der Waals surface area contributed by atoms with Gasteiger partial charge in [0.2, 0.25) is 5.78 Å². The van der Waals surface area contributed by atoms with Crippen molar-refractivity contribution < 1.29 is 9.59 Å². The number of nitrogens with zero attached hydrogens (tertiary/aromatic N) is 1. The molecule has 0 N–H and O–H groups in total. The second kappa shape index (κ2) is 3.67. The number of Topliss-reactive ketones (excluding diaryl/α,β-unsaturated/α-hetero) is 1. The van der Waals surface area contributed by atoms with Crippen molar-refractivity contribution in [3.05, 3.63) is 0 Å². The molecule has 0 saturated heterocycles. The average Bonchev–Trinajstić information content (AvgIpc) is 1.82. The Morgan fingerprint density at radius 1 is 1.20 bits per heavy atom. The van der Waals surface area contributed by atoms with Gasteiger partial charge in [-0.2, -0.15) is 0 Å². The molecular weight excluding hydrogens is 130 g/mol. The summed E-state index contributed by atoms with van der Waals surface area (Å²) >= 11 is 0. The molecule has 3 nitrogen and oxygen atoms in total. The molecule has 0 radical (unpaired) electrons. The van der Waals surface area contributed by atoms with Gasteiger partial charge in [-0.25, -0.2) is 0 Å². The second-order valence-electron chi connectivity index (χ2n) is 2.01. The number of hydrogen-bond donors (Lipinski definition) is 0. The molecule has 3 heteroatoms. The van der Waals surface area contributed by atoms with Crippen LogP contribution in [0.1, 0.15) is 6.92 Å². The Kier molecular flexibility index (Phi) is 3.20. The van der Waals surface area contributed by atoms with Crippen molar-refractivity contribution in [1.82, 2.24) is 4.90 Å². The van der Waals surface area contributed by atoms with Crippen LogP contribution < -0.4 is 0 Å². The van der Waals surface area contributed by atoms with E-state index in [1.807, 2.05) is 0 Å². The van der Waals surface area contributed by atoms with Gasteiger partial charge in [0.1, 0.15) is 0 Å². The van der Waals surface area contributed by atoms with Gasteiger partial charge in [0.15, 0.2) is 0 Å². The third-order valence-electron chi connectivity index (χ3n) is 0.752. The van der Waals surface area contributed by atoms with E-state index in [9.17, 15) is 9.59 Å². The number of carbonyl (C=O) groups excluding carboxylic acids is 2. The van der Waals surface area contributed by atoms with E-state index in [-0.39, 0.29) is 11.7 Å². The first-order chi connectivity index (χ1) is 4.54. The molecule has 0 saturated carbocycles. The Labute approximate surface area is 60.0 Å². The van der Waals surface area contributed by atoms with Crippen LogP contribution in [0.2, 0.25) is 0 Å². The number of amides is 1. The normalized spacial score (nSPS) is 7.50. The second-order valence-corrected chi connectivity index (χ2v) is 2.01. The summed E-state index contributed by atoms with van der Waals surface area (Å²) in [5.41, 5.74) is 0. The molecule has 0 aromatic rings. The first-order valence-corrected chi connectivity index (χ1v) is 2.78. The lowest BCUT2D eigenvalue weighted by Gasteiger charge is -2.01. The summed E-state index contributed by atoms with van der Waals surface area (Å²) in [6.45, 7) is 1.32. The van der Waals surface area contributed by atoms with Crippen molar-refractivity contribution in [2.45, 2.75) is 6.92 Å². The Balaban J connectivity index is 4.06. The lowest BCUT2D eigenvalue weighted by Crippen LogP contribution is -2.19. The summed E-state index contributed by atoms with van der Waals surface area (Å²) < 4.78 is 0. The van der Waals surface area contributed by atoms with E-state index in [1.165, 1.54) is 11.8 Å². The van der Waals surface area contributed by atoms with Crippen molar-refractivity contribution in [3.8, 4) is 11.8 Å². The molecule has 0 aromatic heterocycles. The van der Waals surface area contributed by atoms with Crippen molar-refractivity contribution >= 4 is 11.7 Å². The lowest BCUT2D eigenvalue weighted by atomic mass is 10.4. The summed E-state index contributed by atoms with van der Waals surface area (Å²) in [5, 5.41) is 0. The molecule has 0 aromatic carbocycles. The largest absolute Gasteiger partial charge is 0.338 e. The average molecular weight is 139 g/mol. The van der Waals surface area contributed by atoms with Crippen LogP contribution in [0.5, 0.6) is 0 Å². The minimum absolute atomic E-state index is 0.296. The topological polar surface area (TPSA) is 37.4 Å². The Bertz CT molecular complexity index is 207. The van der Waals surface area contributed by atoms with Crippen molar-refractivity contribution in [3.63, 3.8) is 0 Å². The fraction of sp³-hybridized carbons (Fsp3) is 0.429. The molecule has 0 bridgehead atoms. The highest BCUT2D eigenvalue weighted by Crippen LogP contribution is 1.73. The molecule has 0 atom stereocenters. The standard InChI is InChI=1S/C7H9NO2/c1-6(9)4-5-7(10)8(2)3/h1-3H3. The molecule has 0 heterocycles. The fourth-order valence-corrected chi connectivity index (χ4v) is 0.253. The van der Waals surface area contributed by atoms with Crippen LogP contribution in [0.4, 0.5) is 0 Å². The Hall–Kier alpha value is -1.30. The number of ketones is 1. The molecular formula is C7H9NO2. The summed E-state index contributed by atoms with van der Waals surface area (Å²) in [6.07, 6.45) is 0. The van der Waals surface area contributed by atoms with Gasteiger partial charge >= 0.3 is 0 Å². The van der Waals surface area contributed by atoms with E-state index in [4.69, 9.17) is 0 Å². The molecule has 0 aliphatic heterocycles. The van der Waals surface area contributed by atoms with Crippen LogP contribution in [-0.2, 0) is 9.59 Å². The molecule has 0 fully saturated rings. The van der Waals surface area contributed by atoms with Crippen LogP contribution in [0.3, 0.4) is 0 Å². The molecule has 0 spiro atoms. The highest BCUT2D eigenvalue weighted by molar-refractivity contribution is 6.02. The fourth-order valence-electron chi connectivity index (χ4n) is 0.253. The van der Waals surface area contributed by atoms with Gasteiger partial charge in [0.25, 0.3) is 5.91 Å². The van der Waals surface area contributed by atoms with Crippen LogP contribution in [0.15, 0.2) is 0 Å². The van der Waals surface area contributed by atoms with E-state index >= 15 is 0 Å². The zero-order valence-corrected chi connectivity index (χ0v) is 6.26. The number of rotatable bonds is 0. The Morgan fingerprint density at radius 2 is 1.70 bits per heavy atom. The van der Waals surface area contributed by atoms with Gasteiger partial charge < -0.3 is 4.90 Å². The van der Waals surface area contributed by atoms with Crippen molar-refractivity contribution in [2.24, 2.45) is 0 Å². The first kappa shape index (κ1) is 8.70. The monoisotopic (exact) mass is 139 g/mol. The summed E-state index contributed by atoms with van der Waals surface area (Å²) in [7, 11) is 3.16. The SMILES string of the molecule is CC(=O)C#CC(=O)N(C)C. The van der Waals surface area contributed by atoms with Crippen molar-refractivity contribution in [1.29, 1.82) is 0 Å². The minimum atomic E-state index is -0.352. The smallest absolute Gasteiger partial charge is 0.298 e. The molecule has 0 rings (SSSR count). The highest BCUT2D eigenvalue weighted by atomic mass is 16.2. The van der Waals surface area contributed by atoms with Gasteiger partial charge in [-0.3, -0.25) is 9.59 Å². The predicted molar refractivity (Wildman–Crippen MR) is 37.2 cm³/mol. The predicted octanol–water partition coefficient (Wildman–Crippen LogP) is -0.333. The highest BCUT2D eigenvalue weighted by Gasteiger charge is 1.95. The summed E-state index contributed by atoms with van der Waals surface area (Å²) in [4.78, 5) is 22.2. The third kappa shape index (κ3) is 3.67. The minimum Gasteiger partial charge on any atom is -0.338 e. The Morgan fingerprint density at radius 3 is 2.00 bits per heavy atom. The van der Waals surface area contributed by atoms with Gasteiger partial charge in [0, 0.05) is 26.9 Å². The lowest BCUT2D eigenvalue weighted by molar-refractivity contribution is -0.123. The molecule has 0 unspecified atom stereocenters. The molecule has 54 valence electrons. The zero-order chi connectivity index (χ0) is 8.15. The number of carbonyl (C=O) groups is 2. The van der Waals surface area contributed by atoms with E-state index in [0.29, 0.717) is 0 Å². The van der Waals surface area contributed by atoms with Gasteiger partial charge in [0.05, 0.1) is 0 Å². The van der Waals surface area contributed by atoms with Crippen LogP contribution in [-0.4, -0.2) is 30.7 Å². The summed E-state index contributed by atoms with van der Waals surface area (Å²) in [5.74, 6) is 3.67. The zero-order valence-electron chi connectivity index (χ0n) is 6.26. The van der Waals surface area contributed by atoms with E-state index in [1.54, 1.807) is 14.1 Å². The van der Waals surface area contributed by atoms with Crippen LogP contribution in [0.25, 0.3) is 0 Å². The maximum atomic E-state index is 10.6. The van der Waals surface area contributed by atoms with Gasteiger partial charge in [-0.15, -0.1) is 0 Å². The maximum absolute atomic E-state index is 10.6. The van der Waals surface area contributed by atoms with Gasteiger partial charge in [-0.05, 0) is 5.92 Å². The number of hydrogen-bond acceptors (Lipinski definition) is 2. The van der Waals surface area contributed by atoms with Crippen LogP contribution >= 0.6 is 0 Å². The van der Waals surface area contributed by atoms with Crippen molar-refractivity contribution in [2.75, 3.05) is 14.1 Å². The molecule has 0 aliphatic carbocycles.